The Labute approximate surface area is 69.8 Å². The van der Waals surface area contributed by atoms with E-state index < -0.39 is 0 Å². The summed E-state index contributed by atoms with van der Waals surface area (Å²) in [7, 11) is 0. The predicted octanol–water partition coefficient (Wildman–Crippen LogP) is 2.73. The Morgan fingerprint density at radius 2 is 1.82 bits per heavy atom. The van der Waals surface area contributed by atoms with Crippen molar-refractivity contribution in [3.63, 3.8) is 0 Å². The van der Waals surface area contributed by atoms with Crippen LogP contribution in [0.1, 0.15) is 52.4 Å². The van der Waals surface area contributed by atoms with Crippen LogP contribution < -0.4 is 0 Å². The maximum atomic E-state index is 9.81. The minimum Gasteiger partial charge on any atom is -0.393 e. The van der Waals surface area contributed by atoms with Gasteiger partial charge in [0, 0.05) is 0 Å². The van der Waals surface area contributed by atoms with Crippen molar-refractivity contribution in [1.29, 1.82) is 0 Å². The monoisotopic (exact) mass is 156 g/mol. The third kappa shape index (κ3) is 1.58. The lowest BCUT2D eigenvalue weighted by Gasteiger charge is -2.32. The molecule has 66 valence electrons. The molecule has 1 nitrogen and oxygen atoms in total. The fourth-order valence-electron chi connectivity index (χ4n) is 2.43. The van der Waals surface area contributed by atoms with Gasteiger partial charge in [-0.3, -0.25) is 0 Å². The Balaban J connectivity index is 2.58. The van der Waals surface area contributed by atoms with Gasteiger partial charge >= 0.3 is 0 Å². The van der Waals surface area contributed by atoms with Crippen molar-refractivity contribution in [3.05, 3.63) is 0 Å². The van der Waals surface area contributed by atoms with Gasteiger partial charge in [0.05, 0.1) is 6.10 Å². The highest BCUT2D eigenvalue weighted by Gasteiger charge is 2.37. The number of aliphatic hydroxyl groups is 1. The van der Waals surface area contributed by atoms with Crippen molar-refractivity contribution in [2.45, 2.75) is 58.5 Å². The van der Waals surface area contributed by atoms with E-state index in [9.17, 15) is 5.11 Å². The van der Waals surface area contributed by atoms with Crippen LogP contribution in [0.2, 0.25) is 0 Å². The van der Waals surface area contributed by atoms with Crippen LogP contribution in [0.5, 0.6) is 0 Å². The predicted molar refractivity (Wildman–Crippen MR) is 47.5 cm³/mol. The minimum absolute atomic E-state index is 0.0463. The normalized spacial score (nSPS) is 25.4. The zero-order valence-corrected chi connectivity index (χ0v) is 7.77. The number of hydrogen-bond acceptors (Lipinski definition) is 1. The molecule has 1 aliphatic carbocycles. The van der Waals surface area contributed by atoms with E-state index in [1.807, 2.05) is 0 Å². The van der Waals surface area contributed by atoms with Gasteiger partial charge in [0.15, 0.2) is 0 Å². The van der Waals surface area contributed by atoms with Crippen molar-refractivity contribution in [3.8, 4) is 0 Å². The Morgan fingerprint density at radius 3 is 2.18 bits per heavy atom. The maximum Gasteiger partial charge on any atom is 0.0593 e. The van der Waals surface area contributed by atoms with Crippen LogP contribution in [0.25, 0.3) is 0 Å². The molecule has 0 aromatic heterocycles. The zero-order chi connectivity index (χ0) is 8.32. The summed E-state index contributed by atoms with van der Waals surface area (Å²) in [6.45, 7) is 4.30. The highest BCUT2D eigenvalue weighted by Crippen LogP contribution is 2.44. The summed E-state index contributed by atoms with van der Waals surface area (Å²) in [6.07, 6.45) is 7.18. The molecule has 1 saturated carbocycles. The zero-order valence-electron chi connectivity index (χ0n) is 7.77. The molecule has 11 heavy (non-hydrogen) atoms. The van der Waals surface area contributed by atoms with Gasteiger partial charge in [0.25, 0.3) is 0 Å². The van der Waals surface area contributed by atoms with Crippen molar-refractivity contribution < 1.29 is 5.11 Å². The Morgan fingerprint density at radius 1 is 1.27 bits per heavy atom. The first-order valence-corrected chi connectivity index (χ1v) is 4.93. The summed E-state index contributed by atoms with van der Waals surface area (Å²) in [5, 5.41) is 9.81. The quantitative estimate of drug-likeness (QED) is 0.666. The molecule has 0 aromatic rings. The molecule has 1 fully saturated rings. The van der Waals surface area contributed by atoms with Crippen molar-refractivity contribution in [2.75, 3.05) is 0 Å². The van der Waals surface area contributed by atoms with Crippen molar-refractivity contribution in [2.24, 2.45) is 5.41 Å². The highest BCUT2D eigenvalue weighted by atomic mass is 16.3. The molecular weight excluding hydrogens is 136 g/mol. The summed E-state index contributed by atoms with van der Waals surface area (Å²) in [4.78, 5) is 0. The SMILES string of the molecule is CCC(O)C1(CC)CCCC1. The second-order valence-electron chi connectivity index (χ2n) is 3.85. The van der Waals surface area contributed by atoms with Gasteiger partial charge in [-0.1, -0.05) is 26.7 Å². The van der Waals surface area contributed by atoms with Gasteiger partial charge in [-0.2, -0.15) is 0 Å². The lowest BCUT2D eigenvalue weighted by molar-refractivity contribution is 0.0226. The van der Waals surface area contributed by atoms with Crippen molar-refractivity contribution >= 4 is 0 Å². The van der Waals surface area contributed by atoms with Crippen LogP contribution in [-0.2, 0) is 0 Å². The summed E-state index contributed by atoms with van der Waals surface area (Å²) in [5.41, 5.74) is 0.300. The van der Waals surface area contributed by atoms with Gasteiger partial charge < -0.3 is 5.11 Å². The Hall–Kier alpha value is -0.0400. The van der Waals surface area contributed by atoms with Crippen molar-refractivity contribution in [1.82, 2.24) is 0 Å². The van der Waals surface area contributed by atoms with E-state index >= 15 is 0 Å². The molecular formula is C10H20O. The summed E-state index contributed by atoms with van der Waals surface area (Å²) in [6, 6.07) is 0. The third-order valence-corrected chi connectivity index (χ3v) is 3.40. The Bertz CT molecular complexity index is 114. The largest absolute Gasteiger partial charge is 0.393 e. The summed E-state index contributed by atoms with van der Waals surface area (Å²) >= 11 is 0. The molecule has 0 spiro atoms. The Kier molecular flexibility index (Phi) is 2.94. The molecule has 0 bridgehead atoms. The van der Waals surface area contributed by atoms with E-state index in [1.54, 1.807) is 0 Å². The fourth-order valence-corrected chi connectivity index (χ4v) is 2.43. The topological polar surface area (TPSA) is 20.2 Å². The molecule has 1 unspecified atom stereocenters. The average Bonchev–Trinajstić information content (AvgIpc) is 2.52. The average molecular weight is 156 g/mol. The minimum atomic E-state index is -0.0463. The van der Waals surface area contributed by atoms with Gasteiger partial charge in [-0.15, -0.1) is 0 Å². The summed E-state index contributed by atoms with van der Waals surface area (Å²) < 4.78 is 0. The van der Waals surface area contributed by atoms with Crippen LogP contribution in [-0.4, -0.2) is 11.2 Å². The number of rotatable bonds is 3. The van der Waals surface area contributed by atoms with Gasteiger partial charge in [-0.05, 0) is 31.1 Å². The second kappa shape index (κ2) is 3.57. The third-order valence-electron chi connectivity index (χ3n) is 3.40. The molecule has 1 heteroatoms. The number of aliphatic hydroxyl groups excluding tert-OH is 1. The standard InChI is InChI=1S/C10H20O/c1-3-9(11)10(4-2)7-5-6-8-10/h9,11H,3-8H2,1-2H3. The van der Waals surface area contributed by atoms with E-state index in [0.29, 0.717) is 5.41 Å². The molecule has 0 heterocycles. The molecule has 1 rings (SSSR count). The van der Waals surface area contributed by atoms with E-state index in [0.717, 1.165) is 12.8 Å². The van der Waals surface area contributed by atoms with E-state index in [2.05, 4.69) is 13.8 Å². The van der Waals surface area contributed by atoms with Crippen LogP contribution >= 0.6 is 0 Å². The lowest BCUT2D eigenvalue weighted by Crippen LogP contribution is -2.31. The summed E-state index contributed by atoms with van der Waals surface area (Å²) in [5.74, 6) is 0. The van der Waals surface area contributed by atoms with Crippen LogP contribution in [0, 0.1) is 5.41 Å². The first-order chi connectivity index (χ1) is 5.25. The molecule has 0 amide bonds. The van der Waals surface area contributed by atoms with E-state index in [-0.39, 0.29) is 6.10 Å². The van der Waals surface area contributed by atoms with Crippen LogP contribution in [0.15, 0.2) is 0 Å². The van der Waals surface area contributed by atoms with E-state index in [4.69, 9.17) is 0 Å². The first-order valence-electron chi connectivity index (χ1n) is 4.93. The molecule has 1 atom stereocenters. The molecule has 1 aliphatic rings. The molecule has 0 aliphatic heterocycles. The molecule has 0 radical (unpaired) electrons. The molecule has 0 saturated heterocycles. The van der Waals surface area contributed by atoms with Crippen LogP contribution in [0.4, 0.5) is 0 Å². The maximum absolute atomic E-state index is 9.81. The lowest BCUT2D eigenvalue weighted by atomic mass is 9.77. The molecule has 0 aromatic carbocycles. The molecule has 1 N–H and O–H groups in total. The fraction of sp³-hybridized carbons (Fsp3) is 1.00. The second-order valence-corrected chi connectivity index (χ2v) is 3.85. The van der Waals surface area contributed by atoms with Crippen LogP contribution in [0.3, 0.4) is 0 Å². The van der Waals surface area contributed by atoms with Gasteiger partial charge in [-0.25, -0.2) is 0 Å². The highest BCUT2D eigenvalue weighted by molar-refractivity contribution is 4.88. The van der Waals surface area contributed by atoms with Gasteiger partial charge in [0.2, 0.25) is 0 Å². The smallest absolute Gasteiger partial charge is 0.0593 e. The van der Waals surface area contributed by atoms with Gasteiger partial charge in [0.1, 0.15) is 0 Å². The first kappa shape index (κ1) is 9.05. The number of hydrogen-bond donors (Lipinski definition) is 1. The van der Waals surface area contributed by atoms with E-state index in [1.165, 1.54) is 25.7 Å².